The summed E-state index contributed by atoms with van der Waals surface area (Å²) in [4.78, 5) is 0. The van der Waals surface area contributed by atoms with Gasteiger partial charge in [0, 0.05) is 17.7 Å². The first-order chi connectivity index (χ1) is 6.65. The van der Waals surface area contributed by atoms with E-state index in [2.05, 4.69) is 0 Å². The summed E-state index contributed by atoms with van der Waals surface area (Å²) < 4.78 is 0. The second kappa shape index (κ2) is 7.07. The van der Waals surface area contributed by atoms with Crippen LogP contribution in [0.2, 0.25) is 5.02 Å². The van der Waals surface area contributed by atoms with Gasteiger partial charge in [-0.2, -0.15) is 0 Å². The Morgan fingerprint density at radius 1 is 1.47 bits per heavy atom. The zero-order chi connectivity index (χ0) is 10.6. The largest absolute Gasteiger partial charge is 0.396 e. The Bertz CT molecular complexity index is 305. The number of nitrogens with two attached hydrogens (primary N) is 1. The molecule has 1 aromatic carbocycles. The molecular weight excluding hydrogens is 233 g/mol. The molecule has 2 nitrogen and oxygen atoms in total. The van der Waals surface area contributed by atoms with Crippen LogP contribution in [0.1, 0.15) is 30.0 Å². The number of benzene rings is 1. The van der Waals surface area contributed by atoms with Gasteiger partial charge in [0.25, 0.3) is 0 Å². The van der Waals surface area contributed by atoms with Crippen molar-refractivity contribution in [3.05, 3.63) is 34.3 Å². The zero-order valence-corrected chi connectivity index (χ0v) is 10.3. The number of aliphatic hydroxyl groups excluding tert-OH is 1. The van der Waals surface area contributed by atoms with Crippen LogP contribution in [0.4, 0.5) is 0 Å². The van der Waals surface area contributed by atoms with Crippen molar-refractivity contribution in [1.82, 2.24) is 0 Å². The molecule has 0 aliphatic heterocycles. The zero-order valence-electron chi connectivity index (χ0n) is 8.74. The van der Waals surface area contributed by atoms with Gasteiger partial charge in [-0.3, -0.25) is 0 Å². The van der Waals surface area contributed by atoms with Crippen molar-refractivity contribution in [2.75, 3.05) is 6.61 Å². The van der Waals surface area contributed by atoms with Crippen LogP contribution in [0.15, 0.2) is 18.2 Å². The first-order valence-corrected chi connectivity index (χ1v) is 5.15. The third-order valence-corrected chi connectivity index (χ3v) is 2.70. The van der Waals surface area contributed by atoms with Crippen LogP contribution in [0.3, 0.4) is 0 Å². The summed E-state index contributed by atoms with van der Waals surface area (Å²) in [5.74, 6) is 0. The van der Waals surface area contributed by atoms with Crippen molar-refractivity contribution in [3.8, 4) is 0 Å². The summed E-state index contributed by atoms with van der Waals surface area (Å²) in [7, 11) is 0. The molecule has 86 valence electrons. The molecule has 15 heavy (non-hydrogen) atoms. The fourth-order valence-electron chi connectivity index (χ4n) is 1.32. The molecule has 1 rings (SSSR count). The predicted octanol–water partition coefficient (Wildman–Crippen LogP) is 2.84. The van der Waals surface area contributed by atoms with Gasteiger partial charge in [-0.25, -0.2) is 0 Å². The quantitative estimate of drug-likeness (QED) is 0.863. The summed E-state index contributed by atoms with van der Waals surface area (Å²) in [6.07, 6.45) is 1.52. The van der Waals surface area contributed by atoms with E-state index >= 15 is 0 Å². The van der Waals surface area contributed by atoms with E-state index in [1.54, 1.807) is 0 Å². The average molecular weight is 250 g/mol. The molecule has 0 unspecified atom stereocenters. The lowest BCUT2D eigenvalue weighted by atomic mass is 10.0. The van der Waals surface area contributed by atoms with Crippen molar-refractivity contribution < 1.29 is 5.11 Å². The number of halogens is 2. The van der Waals surface area contributed by atoms with E-state index in [0.717, 1.165) is 29.0 Å². The summed E-state index contributed by atoms with van der Waals surface area (Å²) >= 11 is 5.99. The molecule has 0 saturated heterocycles. The molecule has 0 heterocycles. The van der Waals surface area contributed by atoms with Crippen LogP contribution in [-0.2, 0) is 0 Å². The van der Waals surface area contributed by atoms with E-state index < -0.39 is 0 Å². The molecule has 0 radical (unpaired) electrons. The molecule has 3 N–H and O–H groups in total. The molecule has 0 fully saturated rings. The number of rotatable bonds is 4. The molecule has 0 amide bonds. The van der Waals surface area contributed by atoms with Gasteiger partial charge in [0.1, 0.15) is 0 Å². The molecular formula is C11H17Cl2NO. The molecule has 4 heteroatoms. The lowest BCUT2D eigenvalue weighted by molar-refractivity contribution is 0.280. The highest BCUT2D eigenvalue weighted by atomic mass is 35.5. The van der Waals surface area contributed by atoms with Gasteiger partial charge in [-0.05, 0) is 37.0 Å². The van der Waals surface area contributed by atoms with E-state index in [0.29, 0.717) is 0 Å². The molecule has 0 bridgehead atoms. The van der Waals surface area contributed by atoms with Gasteiger partial charge in [0.2, 0.25) is 0 Å². The normalized spacial score (nSPS) is 12.0. The van der Waals surface area contributed by atoms with Crippen LogP contribution in [0, 0.1) is 6.92 Å². The smallest absolute Gasteiger partial charge is 0.0438 e. The number of aryl methyl sites for hydroxylation is 1. The van der Waals surface area contributed by atoms with Crippen LogP contribution in [0.25, 0.3) is 0 Å². The molecule has 1 aromatic rings. The van der Waals surface area contributed by atoms with Gasteiger partial charge in [-0.15, -0.1) is 12.4 Å². The third-order valence-electron chi connectivity index (χ3n) is 2.30. The fraction of sp³-hybridized carbons (Fsp3) is 0.455. The highest BCUT2D eigenvalue weighted by molar-refractivity contribution is 6.31. The maximum absolute atomic E-state index is 8.68. The van der Waals surface area contributed by atoms with Crippen molar-refractivity contribution in [2.45, 2.75) is 25.8 Å². The van der Waals surface area contributed by atoms with Gasteiger partial charge in [0.15, 0.2) is 0 Å². The average Bonchev–Trinajstić information content (AvgIpc) is 2.18. The minimum Gasteiger partial charge on any atom is -0.396 e. The van der Waals surface area contributed by atoms with Crippen molar-refractivity contribution in [1.29, 1.82) is 0 Å². The molecule has 0 aromatic heterocycles. The SMILES string of the molecule is Cc1ccc([C@@H](N)CCCO)cc1Cl.Cl. The molecule has 0 aliphatic carbocycles. The van der Waals surface area contributed by atoms with Gasteiger partial charge in [-0.1, -0.05) is 23.7 Å². The number of hydrogen-bond acceptors (Lipinski definition) is 2. The lowest BCUT2D eigenvalue weighted by Gasteiger charge is -2.12. The summed E-state index contributed by atoms with van der Waals surface area (Å²) in [5.41, 5.74) is 8.03. The van der Waals surface area contributed by atoms with E-state index in [1.165, 1.54) is 0 Å². The highest BCUT2D eigenvalue weighted by Crippen LogP contribution is 2.22. The van der Waals surface area contributed by atoms with E-state index in [1.807, 2.05) is 25.1 Å². The third kappa shape index (κ3) is 4.39. The monoisotopic (exact) mass is 249 g/mol. The van der Waals surface area contributed by atoms with Gasteiger partial charge >= 0.3 is 0 Å². The first kappa shape index (κ1) is 14.7. The molecule has 1 atom stereocenters. The predicted molar refractivity (Wildman–Crippen MR) is 66.7 cm³/mol. The molecule has 0 saturated carbocycles. The van der Waals surface area contributed by atoms with E-state index in [4.69, 9.17) is 22.4 Å². The van der Waals surface area contributed by atoms with Crippen LogP contribution >= 0.6 is 24.0 Å². The maximum Gasteiger partial charge on any atom is 0.0438 e. The Labute approximate surface area is 102 Å². The Kier molecular flexibility index (Phi) is 6.94. The summed E-state index contributed by atoms with van der Waals surface area (Å²) in [5, 5.41) is 9.43. The number of hydrogen-bond donors (Lipinski definition) is 2. The number of aliphatic hydroxyl groups is 1. The van der Waals surface area contributed by atoms with Crippen molar-refractivity contribution >= 4 is 24.0 Å². The van der Waals surface area contributed by atoms with E-state index in [9.17, 15) is 0 Å². The standard InChI is InChI=1S/C11H16ClNO.ClH/c1-8-4-5-9(7-10(8)12)11(13)3-2-6-14;/h4-5,7,11,14H,2-3,6,13H2,1H3;1H/t11-;/m0./s1. The Hall–Kier alpha value is -0.280. The topological polar surface area (TPSA) is 46.2 Å². The summed E-state index contributed by atoms with van der Waals surface area (Å²) in [6, 6.07) is 5.83. The minimum absolute atomic E-state index is 0. The fourth-order valence-corrected chi connectivity index (χ4v) is 1.51. The Morgan fingerprint density at radius 3 is 2.67 bits per heavy atom. The minimum atomic E-state index is -0.0275. The lowest BCUT2D eigenvalue weighted by Crippen LogP contribution is -2.10. The van der Waals surface area contributed by atoms with Crippen molar-refractivity contribution in [3.63, 3.8) is 0 Å². The van der Waals surface area contributed by atoms with Crippen LogP contribution < -0.4 is 5.73 Å². The van der Waals surface area contributed by atoms with Gasteiger partial charge in [0.05, 0.1) is 0 Å². The first-order valence-electron chi connectivity index (χ1n) is 4.77. The van der Waals surface area contributed by atoms with E-state index in [-0.39, 0.29) is 25.1 Å². The Morgan fingerprint density at radius 2 is 2.13 bits per heavy atom. The second-order valence-electron chi connectivity index (χ2n) is 3.48. The maximum atomic E-state index is 8.68. The van der Waals surface area contributed by atoms with Crippen LogP contribution in [0.5, 0.6) is 0 Å². The summed E-state index contributed by atoms with van der Waals surface area (Å²) in [6.45, 7) is 2.15. The Balaban J connectivity index is 0.00000196. The molecule has 0 aliphatic rings. The second-order valence-corrected chi connectivity index (χ2v) is 3.89. The molecule has 0 spiro atoms. The van der Waals surface area contributed by atoms with Crippen molar-refractivity contribution in [2.24, 2.45) is 5.73 Å². The van der Waals surface area contributed by atoms with Crippen LogP contribution in [-0.4, -0.2) is 11.7 Å². The van der Waals surface area contributed by atoms with Gasteiger partial charge < -0.3 is 10.8 Å². The highest BCUT2D eigenvalue weighted by Gasteiger charge is 2.06.